The van der Waals surface area contributed by atoms with Crippen LogP contribution in [0.15, 0.2) is 33.6 Å². The number of carbonyl (C=O) groups excluding carboxylic acids is 1. The Morgan fingerprint density at radius 3 is 2.89 bits per heavy atom. The minimum atomic E-state index is -0.174. The Hall–Kier alpha value is -0.520. The molecule has 1 aliphatic rings. The molecule has 3 nitrogen and oxygen atoms in total. The van der Waals surface area contributed by atoms with Crippen LogP contribution in [0.5, 0.6) is 0 Å². The molecule has 0 bridgehead atoms. The Balaban J connectivity index is 1.81. The SMILES string of the molecule is COC(=O)C(CCSc1ccccc1Br)NC1CC1. The first-order valence-corrected chi connectivity index (χ1v) is 8.19. The number of hydrogen-bond donors (Lipinski definition) is 1. The summed E-state index contributed by atoms with van der Waals surface area (Å²) in [6, 6.07) is 8.47. The lowest BCUT2D eigenvalue weighted by atomic mass is 10.2. The van der Waals surface area contributed by atoms with Crippen LogP contribution in [-0.4, -0.2) is 30.9 Å². The fraction of sp³-hybridized carbons (Fsp3) is 0.500. The molecule has 1 aliphatic carbocycles. The maximum Gasteiger partial charge on any atom is 0.322 e. The average Bonchev–Trinajstić information content (AvgIpc) is 3.23. The van der Waals surface area contributed by atoms with Gasteiger partial charge in [-0.1, -0.05) is 12.1 Å². The van der Waals surface area contributed by atoms with E-state index < -0.39 is 0 Å². The van der Waals surface area contributed by atoms with Crippen LogP contribution < -0.4 is 5.32 Å². The molecule has 19 heavy (non-hydrogen) atoms. The minimum absolute atomic E-state index is 0.153. The van der Waals surface area contributed by atoms with Gasteiger partial charge in [0.15, 0.2) is 0 Å². The molecule has 1 unspecified atom stereocenters. The summed E-state index contributed by atoms with van der Waals surface area (Å²) in [5.41, 5.74) is 0. The van der Waals surface area contributed by atoms with Gasteiger partial charge in [0.25, 0.3) is 0 Å². The van der Waals surface area contributed by atoms with Crippen LogP contribution in [0.3, 0.4) is 0 Å². The van der Waals surface area contributed by atoms with Gasteiger partial charge < -0.3 is 10.1 Å². The summed E-state index contributed by atoms with van der Waals surface area (Å²) in [6.07, 6.45) is 3.13. The summed E-state index contributed by atoms with van der Waals surface area (Å²) in [5, 5.41) is 3.34. The zero-order valence-electron chi connectivity index (χ0n) is 10.9. The van der Waals surface area contributed by atoms with E-state index in [1.54, 1.807) is 11.8 Å². The predicted molar refractivity (Wildman–Crippen MR) is 81.4 cm³/mol. The first kappa shape index (κ1) is 14.9. The number of nitrogens with one attached hydrogen (secondary N) is 1. The van der Waals surface area contributed by atoms with Crippen molar-refractivity contribution >= 4 is 33.7 Å². The highest BCUT2D eigenvalue weighted by atomic mass is 79.9. The summed E-state index contributed by atoms with van der Waals surface area (Å²) in [5.74, 6) is 0.738. The Morgan fingerprint density at radius 1 is 1.53 bits per heavy atom. The average molecular weight is 344 g/mol. The van der Waals surface area contributed by atoms with Crippen molar-refractivity contribution in [1.29, 1.82) is 0 Å². The van der Waals surface area contributed by atoms with Gasteiger partial charge in [-0.05, 0) is 47.3 Å². The van der Waals surface area contributed by atoms with Gasteiger partial charge in [-0.2, -0.15) is 0 Å². The molecule has 0 aliphatic heterocycles. The molecule has 0 aromatic heterocycles. The summed E-state index contributed by atoms with van der Waals surface area (Å²) in [7, 11) is 1.45. The van der Waals surface area contributed by atoms with Gasteiger partial charge in [-0.3, -0.25) is 4.79 Å². The summed E-state index contributed by atoms with van der Waals surface area (Å²) in [6.45, 7) is 0. The lowest BCUT2D eigenvalue weighted by Crippen LogP contribution is -2.39. The number of rotatable bonds is 7. The Morgan fingerprint density at radius 2 is 2.26 bits per heavy atom. The van der Waals surface area contributed by atoms with Crippen LogP contribution in [0.2, 0.25) is 0 Å². The molecule has 1 aromatic rings. The molecule has 1 fully saturated rings. The zero-order valence-corrected chi connectivity index (χ0v) is 13.3. The van der Waals surface area contributed by atoms with Crippen LogP contribution in [-0.2, 0) is 9.53 Å². The predicted octanol–water partition coefficient (Wildman–Crippen LogP) is 3.22. The molecular formula is C14H18BrNO2S. The first-order chi connectivity index (χ1) is 9.20. The summed E-state index contributed by atoms with van der Waals surface area (Å²) in [4.78, 5) is 12.9. The van der Waals surface area contributed by atoms with Gasteiger partial charge >= 0.3 is 5.97 Å². The third kappa shape index (κ3) is 4.82. The number of hydrogen-bond acceptors (Lipinski definition) is 4. The lowest BCUT2D eigenvalue weighted by Gasteiger charge is -2.15. The molecule has 0 spiro atoms. The second kappa shape index (κ2) is 7.31. The van der Waals surface area contributed by atoms with Gasteiger partial charge in [0.05, 0.1) is 7.11 Å². The molecule has 0 saturated heterocycles. The van der Waals surface area contributed by atoms with Gasteiger partial charge in [0, 0.05) is 21.2 Å². The topological polar surface area (TPSA) is 38.3 Å². The molecule has 1 aromatic carbocycles. The highest BCUT2D eigenvalue weighted by molar-refractivity contribution is 9.10. The third-order valence-electron chi connectivity index (χ3n) is 3.00. The lowest BCUT2D eigenvalue weighted by molar-refractivity contribution is -0.143. The number of carbonyl (C=O) groups is 1. The Kier molecular flexibility index (Phi) is 5.73. The van der Waals surface area contributed by atoms with Crippen molar-refractivity contribution in [3.8, 4) is 0 Å². The monoisotopic (exact) mass is 343 g/mol. The van der Waals surface area contributed by atoms with Crippen LogP contribution in [0.4, 0.5) is 0 Å². The largest absolute Gasteiger partial charge is 0.468 e. The van der Waals surface area contributed by atoms with Gasteiger partial charge in [0.2, 0.25) is 0 Å². The van der Waals surface area contributed by atoms with Gasteiger partial charge in [-0.25, -0.2) is 0 Å². The normalized spacial score (nSPS) is 16.1. The number of ether oxygens (including phenoxy) is 1. The fourth-order valence-electron chi connectivity index (χ4n) is 1.79. The standard InChI is InChI=1S/C14H18BrNO2S/c1-18-14(17)12(16-10-6-7-10)8-9-19-13-5-3-2-4-11(13)15/h2-5,10,12,16H,6-9H2,1H3. The molecule has 0 radical (unpaired) electrons. The number of esters is 1. The van der Waals surface area contributed by atoms with E-state index in [4.69, 9.17) is 4.74 Å². The van der Waals surface area contributed by atoms with Crippen molar-refractivity contribution in [3.63, 3.8) is 0 Å². The second-order valence-corrected chi connectivity index (χ2v) is 6.58. The van der Waals surface area contributed by atoms with E-state index in [1.807, 2.05) is 18.2 Å². The van der Waals surface area contributed by atoms with Crippen LogP contribution in [0.25, 0.3) is 0 Å². The Bertz CT molecular complexity index is 437. The van der Waals surface area contributed by atoms with Crippen LogP contribution >= 0.6 is 27.7 Å². The number of halogens is 1. The van der Waals surface area contributed by atoms with Crippen molar-refractivity contribution in [1.82, 2.24) is 5.32 Å². The maximum absolute atomic E-state index is 11.7. The van der Waals surface area contributed by atoms with Gasteiger partial charge in [-0.15, -0.1) is 11.8 Å². The van der Waals surface area contributed by atoms with Crippen molar-refractivity contribution < 1.29 is 9.53 Å². The van der Waals surface area contributed by atoms with E-state index in [0.717, 1.165) is 16.6 Å². The van der Waals surface area contributed by atoms with E-state index in [1.165, 1.54) is 24.8 Å². The molecule has 0 heterocycles. The molecule has 1 atom stereocenters. The third-order valence-corrected chi connectivity index (χ3v) is 5.06. The molecule has 104 valence electrons. The first-order valence-electron chi connectivity index (χ1n) is 6.42. The summed E-state index contributed by atoms with van der Waals surface area (Å²) < 4.78 is 5.95. The van der Waals surface area contributed by atoms with E-state index in [0.29, 0.717) is 6.04 Å². The quantitative estimate of drug-likeness (QED) is 0.609. The highest BCUT2D eigenvalue weighted by Gasteiger charge is 2.28. The molecular weight excluding hydrogens is 326 g/mol. The second-order valence-electron chi connectivity index (χ2n) is 4.58. The van der Waals surface area contributed by atoms with E-state index in [2.05, 4.69) is 27.3 Å². The van der Waals surface area contributed by atoms with Crippen molar-refractivity contribution in [2.75, 3.05) is 12.9 Å². The maximum atomic E-state index is 11.7. The minimum Gasteiger partial charge on any atom is -0.468 e. The van der Waals surface area contributed by atoms with Crippen molar-refractivity contribution in [2.24, 2.45) is 0 Å². The van der Waals surface area contributed by atoms with E-state index in [-0.39, 0.29) is 12.0 Å². The fourth-order valence-corrected chi connectivity index (χ4v) is 3.38. The van der Waals surface area contributed by atoms with E-state index in [9.17, 15) is 4.79 Å². The zero-order chi connectivity index (χ0) is 13.7. The van der Waals surface area contributed by atoms with Crippen molar-refractivity contribution in [3.05, 3.63) is 28.7 Å². The number of methoxy groups -OCH3 is 1. The van der Waals surface area contributed by atoms with Crippen LogP contribution in [0.1, 0.15) is 19.3 Å². The van der Waals surface area contributed by atoms with Crippen molar-refractivity contribution in [2.45, 2.75) is 36.2 Å². The van der Waals surface area contributed by atoms with E-state index >= 15 is 0 Å². The van der Waals surface area contributed by atoms with Crippen LogP contribution in [0, 0.1) is 0 Å². The smallest absolute Gasteiger partial charge is 0.322 e. The molecule has 1 saturated carbocycles. The molecule has 5 heteroatoms. The molecule has 1 N–H and O–H groups in total. The van der Waals surface area contributed by atoms with Gasteiger partial charge in [0.1, 0.15) is 6.04 Å². The highest BCUT2D eigenvalue weighted by Crippen LogP contribution is 2.28. The molecule has 2 rings (SSSR count). The Labute approximate surface area is 126 Å². The molecule has 0 amide bonds. The number of thioether (sulfide) groups is 1. The number of benzene rings is 1. The summed E-state index contributed by atoms with van der Waals surface area (Å²) >= 11 is 5.28.